The summed E-state index contributed by atoms with van der Waals surface area (Å²) in [6, 6.07) is 9.94. The fraction of sp³-hybridized carbons (Fsp3) is 0.273. The molecule has 3 amide bonds. The number of rotatable bonds is 10. The summed E-state index contributed by atoms with van der Waals surface area (Å²) >= 11 is 0. The Morgan fingerprint density at radius 1 is 1.12 bits per heavy atom. The number of anilines is 1. The maximum absolute atomic E-state index is 12.9. The van der Waals surface area contributed by atoms with E-state index >= 15 is 0 Å². The van der Waals surface area contributed by atoms with Gasteiger partial charge in [0.25, 0.3) is 11.6 Å². The van der Waals surface area contributed by atoms with Gasteiger partial charge in [-0.3, -0.25) is 29.3 Å². The molecule has 0 spiro atoms. The third-order valence-electron chi connectivity index (χ3n) is 4.66. The number of nitrogens with zero attached hydrogens (tertiary/aromatic N) is 1. The van der Waals surface area contributed by atoms with Crippen molar-refractivity contribution in [3.63, 3.8) is 0 Å². The standard InChI is InChI=1S/C22H24N4O7/c1-3-33-19(28)12-18(14-7-9-17(10-8-14)26(31)32)20(21(23)29)25-22(30)15-5-4-6-16(11-15)24-13(2)27/h4-11,18,20H,3,12H2,1-2H3,(H2,23,29)(H,24,27)(H,25,30)/t18-,20-/m1/s1. The monoisotopic (exact) mass is 456 g/mol. The Bertz CT molecular complexity index is 1050. The molecule has 0 fully saturated rings. The topological polar surface area (TPSA) is 171 Å². The molecule has 0 aromatic heterocycles. The number of carbonyl (C=O) groups excluding carboxylic acids is 4. The highest BCUT2D eigenvalue weighted by Gasteiger charge is 2.32. The third kappa shape index (κ3) is 7.13. The lowest BCUT2D eigenvalue weighted by Gasteiger charge is -2.25. The smallest absolute Gasteiger partial charge is 0.306 e. The third-order valence-corrected chi connectivity index (χ3v) is 4.66. The highest BCUT2D eigenvalue weighted by atomic mass is 16.6. The summed E-state index contributed by atoms with van der Waals surface area (Å²) in [6.45, 7) is 3.05. The molecule has 0 saturated heterocycles. The van der Waals surface area contributed by atoms with Crippen LogP contribution in [0.4, 0.5) is 11.4 Å². The van der Waals surface area contributed by atoms with Gasteiger partial charge in [0.1, 0.15) is 6.04 Å². The van der Waals surface area contributed by atoms with Crippen molar-refractivity contribution in [2.75, 3.05) is 11.9 Å². The minimum absolute atomic E-state index is 0.107. The largest absolute Gasteiger partial charge is 0.466 e. The van der Waals surface area contributed by atoms with Gasteiger partial charge in [-0.05, 0) is 30.7 Å². The Morgan fingerprint density at radius 2 is 1.79 bits per heavy atom. The van der Waals surface area contributed by atoms with Gasteiger partial charge < -0.3 is 21.1 Å². The summed E-state index contributed by atoms with van der Waals surface area (Å²) in [7, 11) is 0. The molecule has 0 bridgehead atoms. The van der Waals surface area contributed by atoms with Crippen LogP contribution >= 0.6 is 0 Å². The van der Waals surface area contributed by atoms with Gasteiger partial charge >= 0.3 is 5.97 Å². The van der Waals surface area contributed by atoms with Crippen molar-refractivity contribution in [2.24, 2.45) is 5.73 Å². The van der Waals surface area contributed by atoms with Gasteiger partial charge in [0.15, 0.2) is 0 Å². The molecule has 2 aromatic rings. The van der Waals surface area contributed by atoms with E-state index in [9.17, 15) is 29.3 Å². The lowest BCUT2D eigenvalue weighted by molar-refractivity contribution is -0.384. The highest BCUT2D eigenvalue weighted by Crippen LogP contribution is 2.27. The molecule has 0 aliphatic heterocycles. The molecular formula is C22H24N4O7. The van der Waals surface area contributed by atoms with Gasteiger partial charge in [-0.1, -0.05) is 18.2 Å². The van der Waals surface area contributed by atoms with Gasteiger partial charge in [-0.15, -0.1) is 0 Å². The molecular weight excluding hydrogens is 432 g/mol. The van der Waals surface area contributed by atoms with E-state index in [0.717, 1.165) is 0 Å². The van der Waals surface area contributed by atoms with Crippen molar-refractivity contribution in [2.45, 2.75) is 32.2 Å². The maximum atomic E-state index is 12.9. The normalized spacial score (nSPS) is 12.2. The second-order valence-corrected chi connectivity index (χ2v) is 7.08. The quantitative estimate of drug-likeness (QED) is 0.278. The number of nitrogens with two attached hydrogens (primary N) is 1. The van der Waals surface area contributed by atoms with E-state index in [2.05, 4.69) is 10.6 Å². The minimum atomic E-state index is -1.33. The molecule has 2 atom stereocenters. The molecule has 0 aliphatic rings. The van der Waals surface area contributed by atoms with Crippen LogP contribution in [0.15, 0.2) is 48.5 Å². The number of benzene rings is 2. The van der Waals surface area contributed by atoms with E-state index in [1.807, 2.05) is 0 Å². The molecule has 2 aromatic carbocycles. The number of carbonyl (C=O) groups is 4. The number of nitro groups is 1. The van der Waals surface area contributed by atoms with Crippen LogP contribution in [0.3, 0.4) is 0 Å². The van der Waals surface area contributed by atoms with Crippen LogP contribution in [0.5, 0.6) is 0 Å². The molecule has 0 heterocycles. The van der Waals surface area contributed by atoms with Gasteiger partial charge in [0.2, 0.25) is 11.8 Å². The summed E-state index contributed by atoms with van der Waals surface area (Å²) < 4.78 is 4.98. The fourth-order valence-corrected chi connectivity index (χ4v) is 3.21. The van der Waals surface area contributed by atoms with E-state index in [0.29, 0.717) is 11.3 Å². The molecule has 0 unspecified atom stereocenters. The van der Waals surface area contributed by atoms with Crippen molar-refractivity contribution < 1.29 is 28.8 Å². The molecule has 0 aliphatic carbocycles. The summed E-state index contributed by atoms with van der Waals surface area (Å²) in [5, 5.41) is 16.0. The first kappa shape index (κ1) is 25.0. The number of ether oxygens (including phenoxy) is 1. The Kier molecular flexibility index (Phi) is 8.61. The average Bonchev–Trinajstić information content (AvgIpc) is 2.75. The zero-order chi connectivity index (χ0) is 24.5. The summed E-state index contributed by atoms with van der Waals surface area (Å²) in [5.74, 6) is -3.47. The average molecular weight is 456 g/mol. The number of primary amides is 1. The SMILES string of the molecule is CCOC(=O)C[C@H](c1ccc([N+](=O)[O-])cc1)[C@@H](NC(=O)c1cccc(NC(C)=O)c1)C(N)=O. The van der Waals surface area contributed by atoms with E-state index in [1.165, 1.54) is 43.3 Å². The van der Waals surface area contributed by atoms with Crippen molar-refractivity contribution in [1.82, 2.24) is 5.32 Å². The molecule has 2 rings (SSSR count). The van der Waals surface area contributed by atoms with Crippen molar-refractivity contribution >= 4 is 35.1 Å². The Hall–Kier alpha value is -4.28. The van der Waals surface area contributed by atoms with Gasteiger partial charge in [-0.25, -0.2) is 0 Å². The molecule has 174 valence electrons. The second kappa shape index (κ2) is 11.4. The Balaban J connectivity index is 2.37. The first-order valence-corrected chi connectivity index (χ1v) is 10.00. The number of hydrogen-bond donors (Lipinski definition) is 3. The van der Waals surface area contributed by atoms with Crippen LogP contribution < -0.4 is 16.4 Å². The zero-order valence-electron chi connectivity index (χ0n) is 18.1. The van der Waals surface area contributed by atoms with E-state index < -0.39 is 34.7 Å². The van der Waals surface area contributed by atoms with Gasteiger partial charge in [-0.2, -0.15) is 0 Å². The van der Waals surface area contributed by atoms with Crippen molar-refractivity contribution in [3.8, 4) is 0 Å². The van der Waals surface area contributed by atoms with Crippen molar-refractivity contribution in [1.29, 1.82) is 0 Å². The minimum Gasteiger partial charge on any atom is -0.466 e. The van der Waals surface area contributed by atoms with Crippen LogP contribution in [-0.4, -0.2) is 41.3 Å². The van der Waals surface area contributed by atoms with Crippen LogP contribution in [-0.2, 0) is 19.1 Å². The number of non-ortho nitro benzene ring substituents is 1. The molecule has 33 heavy (non-hydrogen) atoms. The number of amides is 3. The Labute approximate surface area is 189 Å². The van der Waals surface area contributed by atoms with E-state index in [1.54, 1.807) is 19.1 Å². The fourth-order valence-electron chi connectivity index (χ4n) is 3.21. The van der Waals surface area contributed by atoms with Crippen molar-refractivity contribution in [3.05, 3.63) is 69.8 Å². The molecule has 0 saturated carbocycles. The van der Waals surface area contributed by atoms with Crippen LogP contribution in [0.2, 0.25) is 0 Å². The zero-order valence-corrected chi connectivity index (χ0v) is 18.1. The van der Waals surface area contributed by atoms with Gasteiger partial charge in [0.05, 0.1) is 18.0 Å². The van der Waals surface area contributed by atoms with Crippen LogP contribution in [0, 0.1) is 10.1 Å². The lowest BCUT2D eigenvalue weighted by Crippen LogP contribution is -2.48. The second-order valence-electron chi connectivity index (χ2n) is 7.08. The predicted molar refractivity (Wildman–Crippen MR) is 118 cm³/mol. The van der Waals surface area contributed by atoms with E-state index in [-0.39, 0.29) is 30.2 Å². The molecule has 11 nitrogen and oxygen atoms in total. The lowest BCUT2D eigenvalue weighted by atomic mass is 9.87. The number of nitrogens with one attached hydrogen (secondary N) is 2. The predicted octanol–water partition coefficient (Wildman–Crippen LogP) is 1.87. The first-order chi connectivity index (χ1) is 15.6. The number of esters is 1. The van der Waals surface area contributed by atoms with E-state index in [4.69, 9.17) is 10.5 Å². The first-order valence-electron chi connectivity index (χ1n) is 10.00. The van der Waals surface area contributed by atoms with Gasteiger partial charge in [0, 0.05) is 36.2 Å². The summed E-state index contributed by atoms with van der Waals surface area (Å²) in [5.41, 5.74) is 6.28. The summed E-state index contributed by atoms with van der Waals surface area (Å²) in [4.78, 5) is 59.0. The highest BCUT2D eigenvalue weighted by molar-refractivity contribution is 5.99. The van der Waals surface area contributed by atoms with Crippen LogP contribution in [0.1, 0.15) is 42.1 Å². The number of hydrogen-bond acceptors (Lipinski definition) is 7. The molecule has 4 N–H and O–H groups in total. The molecule has 0 radical (unpaired) electrons. The maximum Gasteiger partial charge on any atom is 0.306 e. The number of nitro benzene ring substituents is 1. The molecule has 11 heteroatoms. The Morgan fingerprint density at radius 3 is 2.33 bits per heavy atom. The summed E-state index contributed by atoms with van der Waals surface area (Å²) in [6.07, 6.45) is -0.300. The van der Waals surface area contributed by atoms with Crippen LogP contribution in [0.25, 0.3) is 0 Å².